The normalized spacial score (nSPS) is 22.2. The van der Waals surface area contributed by atoms with Gasteiger partial charge in [0.25, 0.3) is 0 Å². The van der Waals surface area contributed by atoms with Gasteiger partial charge in [-0.05, 0) is 48.9 Å². The van der Waals surface area contributed by atoms with Gasteiger partial charge in [-0.3, -0.25) is 9.69 Å². The minimum atomic E-state index is -4.44. The summed E-state index contributed by atoms with van der Waals surface area (Å²) in [6, 6.07) is 9.87. The summed E-state index contributed by atoms with van der Waals surface area (Å²) in [5, 5.41) is 0.794. The standard InChI is InChI=1S/C26H30Cl2F3N3O4S/c1-17(38-20-6-4-19(5-7-20)26(29,30)31)21-14-33(15-22(21)18-3-8-23(27)24(28)13-18)25(35)16-32-9-11-34(12-10-32)39(2,36)37/h3-8,13,17,21-22H,9-12,14-16H2,1-2H3. The first-order valence-corrected chi connectivity index (χ1v) is 15.1. The molecule has 4 rings (SSSR count). The fourth-order valence-electron chi connectivity index (χ4n) is 5.14. The van der Waals surface area contributed by atoms with Crippen molar-refractivity contribution in [2.24, 2.45) is 5.92 Å². The third-order valence-corrected chi connectivity index (χ3v) is 9.40. The summed E-state index contributed by atoms with van der Waals surface area (Å²) in [6.45, 7) is 4.37. The number of likely N-dealkylation sites (tertiary alicyclic amines) is 1. The van der Waals surface area contributed by atoms with E-state index in [0.29, 0.717) is 55.1 Å². The van der Waals surface area contributed by atoms with E-state index in [9.17, 15) is 26.4 Å². The minimum Gasteiger partial charge on any atom is -0.490 e. The quantitative estimate of drug-likeness (QED) is 0.460. The molecule has 0 spiro atoms. The van der Waals surface area contributed by atoms with Crippen LogP contribution < -0.4 is 4.74 Å². The Morgan fingerprint density at radius 1 is 1.03 bits per heavy atom. The third kappa shape index (κ3) is 7.38. The summed E-state index contributed by atoms with van der Waals surface area (Å²) in [4.78, 5) is 17.0. The van der Waals surface area contributed by atoms with E-state index >= 15 is 0 Å². The number of alkyl halides is 3. The van der Waals surface area contributed by atoms with Crippen molar-refractivity contribution < 1.29 is 31.1 Å². The zero-order valence-electron chi connectivity index (χ0n) is 21.5. The molecular weight excluding hydrogens is 578 g/mol. The van der Waals surface area contributed by atoms with Gasteiger partial charge in [0.1, 0.15) is 11.9 Å². The van der Waals surface area contributed by atoms with Crippen LogP contribution in [0.2, 0.25) is 10.0 Å². The Morgan fingerprint density at radius 3 is 2.23 bits per heavy atom. The lowest BCUT2D eigenvalue weighted by molar-refractivity contribution is -0.137. The smallest absolute Gasteiger partial charge is 0.416 e. The number of sulfonamides is 1. The highest BCUT2D eigenvalue weighted by molar-refractivity contribution is 7.88. The molecule has 1 amide bonds. The topological polar surface area (TPSA) is 70.2 Å². The molecule has 2 aliphatic rings. The molecule has 0 saturated carbocycles. The molecular formula is C26H30Cl2F3N3O4S. The largest absolute Gasteiger partial charge is 0.490 e. The molecule has 0 radical (unpaired) electrons. The zero-order valence-corrected chi connectivity index (χ0v) is 23.8. The van der Waals surface area contributed by atoms with Crippen LogP contribution in [0.1, 0.15) is 24.0 Å². The van der Waals surface area contributed by atoms with E-state index in [1.54, 1.807) is 17.0 Å². The van der Waals surface area contributed by atoms with Crippen LogP contribution in [0.5, 0.6) is 5.75 Å². The molecule has 0 aliphatic carbocycles. The van der Waals surface area contributed by atoms with Crippen molar-refractivity contribution in [3.8, 4) is 5.75 Å². The number of hydrogen-bond donors (Lipinski definition) is 0. The van der Waals surface area contributed by atoms with Gasteiger partial charge in [0.05, 0.1) is 28.4 Å². The maximum atomic E-state index is 13.3. The highest BCUT2D eigenvalue weighted by atomic mass is 35.5. The molecule has 0 bridgehead atoms. The fraction of sp³-hybridized carbons (Fsp3) is 0.500. The lowest BCUT2D eigenvalue weighted by Crippen LogP contribution is -2.51. The van der Waals surface area contributed by atoms with Crippen LogP contribution >= 0.6 is 23.2 Å². The summed E-state index contributed by atoms with van der Waals surface area (Å²) >= 11 is 12.4. The predicted octanol–water partition coefficient (Wildman–Crippen LogP) is 4.60. The Bertz CT molecular complexity index is 1290. The molecule has 39 heavy (non-hydrogen) atoms. The fourth-order valence-corrected chi connectivity index (χ4v) is 6.27. The highest BCUT2D eigenvalue weighted by Crippen LogP contribution is 2.39. The SMILES string of the molecule is CC(Oc1ccc(C(F)(F)F)cc1)C1CN(C(=O)CN2CCN(S(C)(=O)=O)CC2)CC1c1ccc(Cl)c(Cl)c1. The number of hydrogen-bond acceptors (Lipinski definition) is 5. The molecule has 2 saturated heterocycles. The number of halogens is 5. The molecule has 2 fully saturated rings. The molecule has 2 aromatic carbocycles. The number of rotatable bonds is 7. The van der Waals surface area contributed by atoms with Gasteiger partial charge >= 0.3 is 6.18 Å². The van der Waals surface area contributed by atoms with E-state index < -0.39 is 27.9 Å². The van der Waals surface area contributed by atoms with Gasteiger partial charge in [-0.25, -0.2) is 8.42 Å². The van der Waals surface area contributed by atoms with E-state index in [-0.39, 0.29) is 24.3 Å². The maximum absolute atomic E-state index is 13.3. The van der Waals surface area contributed by atoms with Crippen LogP contribution in [0, 0.1) is 5.92 Å². The first-order chi connectivity index (χ1) is 18.2. The Kier molecular flexibility index (Phi) is 9.07. The molecule has 13 heteroatoms. The van der Waals surface area contributed by atoms with Crippen LogP contribution in [0.25, 0.3) is 0 Å². The summed E-state index contributed by atoms with van der Waals surface area (Å²) in [5.74, 6) is -0.0974. The molecule has 2 aliphatic heterocycles. The van der Waals surface area contributed by atoms with E-state index in [1.807, 2.05) is 17.9 Å². The number of carbonyl (C=O) groups is 1. The molecule has 214 valence electrons. The number of benzene rings is 2. The summed E-state index contributed by atoms with van der Waals surface area (Å²) in [7, 11) is -3.27. The predicted molar refractivity (Wildman–Crippen MR) is 144 cm³/mol. The Morgan fingerprint density at radius 2 is 1.67 bits per heavy atom. The molecule has 7 nitrogen and oxygen atoms in total. The zero-order chi connectivity index (χ0) is 28.5. The van der Waals surface area contributed by atoms with Crippen LogP contribution in [0.15, 0.2) is 42.5 Å². The van der Waals surface area contributed by atoms with Crippen LogP contribution in [-0.4, -0.2) is 86.6 Å². The van der Waals surface area contributed by atoms with Gasteiger partial charge in [0.2, 0.25) is 15.9 Å². The second kappa shape index (κ2) is 11.8. The number of piperazine rings is 1. The molecule has 0 N–H and O–H groups in total. The maximum Gasteiger partial charge on any atom is 0.416 e. The molecule has 2 aromatic rings. The number of nitrogens with zero attached hydrogens (tertiary/aromatic N) is 3. The lowest BCUT2D eigenvalue weighted by Gasteiger charge is -2.33. The van der Waals surface area contributed by atoms with Gasteiger partial charge in [-0.2, -0.15) is 17.5 Å². The number of carbonyl (C=O) groups excluding carboxylic acids is 1. The molecule has 3 unspecified atom stereocenters. The second-order valence-corrected chi connectivity index (χ2v) is 12.8. The Balaban J connectivity index is 1.47. The van der Waals surface area contributed by atoms with E-state index in [2.05, 4.69) is 0 Å². The Hall–Kier alpha value is -2.05. The van der Waals surface area contributed by atoms with Crippen molar-refractivity contribution in [1.82, 2.24) is 14.1 Å². The lowest BCUT2D eigenvalue weighted by atomic mass is 9.85. The minimum absolute atomic E-state index is 0.0860. The van der Waals surface area contributed by atoms with Crippen LogP contribution in [0.4, 0.5) is 13.2 Å². The summed E-state index contributed by atoms with van der Waals surface area (Å²) in [6.07, 6.45) is -3.69. The average Bonchev–Trinajstić information content (AvgIpc) is 3.31. The van der Waals surface area contributed by atoms with Crippen LogP contribution in [0.3, 0.4) is 0 Å². The third-order valence-electron chi connectivity index (χ3n) is 7.36. The first kappa shape index (κ1) is 29.9. The van der Waals surface area contributed by atoms with Gasteiger partial charge in [-0.1, -0.05) is 29.3 Å². The second-order valence-electron chi connectivity index (χ2n) is 10.0. The van der Waals surface area contributed by atoms with Gasteiger partial charge < -0.3 is 9.64 Å². The van der Waals surface area contributed by atoms with Gasteiger partial charge in [-0.15, -0.1) is 0 Å². The molecule has 3 atom stereocenters. The first-order valence-electron chi connectivity index (χ1n) is 12.5. The monoisotopic (exact) mass is 607 g/mol. The van der Waals surface area contributed by atoms with E-state index in [1.165, 1.54) is 22.7 Å². The van der Waals surface area contributed by atoms with Crippen molar-refractivity contribution in [3.63, 3.8) is 0 Å². The molecule has 0 aromatic heterocycles. The highest BCUT2D eigenvalue weighted by Gasteiger charge is 2.41. The number of ether oxygens (including phenoxy) is 1. The van der Waals surface area contributed by atoms with Crippen molar-refractivity contribution in [3.05, 3.63) is 63.6 Å². The van der Waals surface area contributed by atoms with Crippen molar-refractivity contribution >= 4 is 39.1 Å². The van der Waals surface area contributed by atoms with E-state index in [0.717, 1.165) is 17.7 Å². The number of amides is 1. The summed E-state index contributed by atoms with van der Waals surface area (Å²) < 4.78 is 69.9. The van der Waals surface area contributed by atoms with Crippen molar-refractivity contribution in [2.45, 2.75) is 25.1 Å². The summed E-state index contributed by atoms with van der Waals surface area (Å²) in [5.41, 5.74) is 0.125. The van der Waals surface area contributed by atoms with Gasteiger partial charge in [0, 0.05) is 51.1 Å². The van der Waals surface area contributed by atoms with E-state index in [4.69, 9.17) is 27.9 Å². The molecule has 2 heterocycles. The van der Waals surface area contributed by atoms with Crippen molar-refractivity contribution in [1.29, 1.82) is 0 Å². The average molecular weight is 609 g/mol. The van der Waals surface area contributed by atoms with Gasteiger partial charge in [0.15, 0.2) is 0 Å². The Labute approximate surface area is 236 Å². The van der Waals surface area contributed by atoms with Crippen LogP contribution in [-0.2, 0) is 21.0 Å². The van der Waals surface area contributed by atoms with Crippen molar-refractivity contribution in [2.75, 3.05) is 52.1 Å².